The average molecular weight is 284 g/mol. The molecule has 0 unspecified atom stereocenters. The largest absolute Gasteiger partial charge is 0.310 e. The first kappa shape index (κ1) is 13.5. The molecule has 0 saturated carbocycles. The van der Waals surface area contributed by atoms with Crippen molar-refractivity contribution >= 4 is 22.9 Å². The summed E-state index contributed by atoms with van der Waals surface area (Å²) in [6.45, 7) is 4.79. The Hall–Kier alpha value is -0.900. The van der Waals surface area contributed by atoms with Crippen LogP contribution in [0.2, 0.25) is 4.34 Å². The first-order chi connectivity index (χ1) is 8.56. The minimum atomic E-state index is -0.207. The van der Waals surface area contributed by atoms with Crippen molar-refractivity contribution in [1.29, 1.82) is 0 Å². The fraction of sp³-hybridized carbons (Fsp3) is 0.286. The number of benzene rings is 1. The van der Waals surface area contributed by atoms with Gasteiger partial charge in [-0.25, -0.2) is 4.39 Å². The summed E-state index contributed by atoms with van der Waals surface area (Å²) in [7, 11) is 0. The molecular weight excluding hydrogens is 269 g/mol. The predicted molar refractivity (Wildman–Crippen MR) is 76.7 cm³/mol. The zero-order chi connectivity index (χ0) is 13.1. The van der Waals surface area contributed by atoms with Gasteiger partial charge >= 0.3 is 0 Å². The molecular formula is C14H15ClFNS. The van der Waals surface area contributed by atoms with Gasteiger partial charge in [0.25, 0.3) is 0 Å². The first-order valence-electron chi connectivity index (χ1n) is 5.84. The highest BCUT2D eigenvalue weighted by atomic mass is 35.5. The van der Waals surface area contributed by atoms with Crippen LogP contribution in [0, 0.1) is 5.82 Å². The lowest BCUT2D eigenvalue weighted by Crippen LogP contribution is -2.22. The van der Waals surface area contributed by atoms with Gasteiger partial charge in [0.15, 0.2) is 0 Å². The lowest BCUT2D eigenvalue weighted by molar-refractivity contribution is 0.582. The van der Waals surface area contributed by atoms with Crippen LogP contribution in [0.5, 0.6) is 0 Å². The fourth-order valence-electron chi connectivity index (χ4n) is 1.72. The summed E-state index contributed by atoms with van der Waals surface area (Å²) in [6, 6.07) is 9.09. The van der Waals surface area contributed by atoms with Gasteiger partial charge in [0.2, 0.25) is 0 Å². The maximum atomic E-state index is 13.3. The third kappa shape index (κ3) is 3.31. The highest BCUT2D eigenvalue weighted by Crippen LogP contribution is 2.33. The molecule has 0 saturated heterocycles. The summed E-state index contributed by atoms with van der Waals surface area (Å²) in [5.74, 6) is -0.207. The highest BCUT2D eigenvalue weighted by Gasteiger charge is 2.09. The van der Waals surface area contributed by atoms with Crippen molar-refractivity contribution in [2.24, 2.45) is 0 Å². The molecule has 1 nitrogen and oxygen atoms in total. The Balaban J connectivity index is 2.34. The van der Waals surface area contributed by atoms with Crippen molar-refractivity contribution in [3.63, 3.8) is 0 Å². The number of thiophene rings is 1. The second-order valence-electron chi connectivity index (χ2n) is 4.44. The van der Waals surface area contributed by atoms with Crippen LogP contribution in [0.25, 0.3) is 10.4 Å². The molecule has 0 amide bonds. The molecule has 0 aliphatic heterocycles. The number of rotatable bonds is 4. The normalized spacial score (nSPS) is 11.2. The van der Waals surface area contributed by atoms with Gasteiger partial charge in [0.1, 0.15) is 5.82 Å². The van der Waals surface area contributed by atoms with E-state index in [1.807, 2.05) is 18.2 Å². The molecule has 0 radical (unpaired) electrons. The Kier molecular flexibility index (Phi) is 4.38. The zero-order valence-electron chi connectivity index (χ0n) is 10.3. The van der Waals surface area contributed by atoms with Crippen LogP contribution >= 0.6 is 22.9 Å². The standard InChI is InChI=1S/C14H15ClFNS/c1-9(2)17-8-10-7-11(16)3-4-12(10)13-5-6-14(15)18-13/h3-7,9,17H,8H2,1-2H3. The summed E-state index contributed by atoms with van der Waals surface area (Å²) in [4.78, 5) is 1.07. The van der Waals surface area contributed by atoms with Gasteiger partial charge < -0.3 is 5.32 Å². The maximum absolute atomic E-state index is 13.3. The van der Waals surface area contributed by atoms with E-state index in [2.05, 4.69) is 19.2 Å². The van der Waals surface area contributed by atoms with E-state index in [1.54, 1.807) is 6.07 Å². The molecule has 96 valence electrons. The molecule has 18 heavy (non-hydrogen) atoms. The topological polar surface area (TPSA) is 12.0 Å². The van der Waals surface area contributed by atoms with E-state index in [-0.39, 0.29) is 5.82 Å². The molecule has 1 N–H and O–H groups in total. The molecule has 1 heterocycles. The molecule has 1 aromatic heterocycles. The smallest absolute Gasteiger partial charge is 0.123 e. The van der Waals surface area contributed by atoms with Crippen molar-refractivity contribution in [3.05, 3.63) is 46.0 Å². The fourth-order valence-corrected chi connectivity index (χ4v) is 2.83. The minimum absolute atomic E-state index is 0.207. The second-order valence-corrected chi connectivity index (χ2v) is 6.16. The SMILES string of the molecule is CC(C)NCc1cc(F)ccc1-c1ccc(Cl)s1. The average Bonchev–Trinajstić information content (AvgIpc) is 2.73. The lowest BCUT2D eigenvalue weighted by atomic mass is 10.1. The maximum Gasteiger partial charge on any atom is 0.123 e. The van der Waals surface area contributed by atoms with Crippen LogP contribution in [-0.2, 0) is 6.54 Å². The first-order valence-corrected chi connectivity index (χ1v) is 7.03. The molecule has 0 fully saturated rings. The second kappa shape index (κ2) is 5.83. The highest BCUT2D eigenvalue weighted by molar-refractivity contribution is 7.19. The molecule has 0 aliphatic carbocycles. The van der Waals surface area contributed by atoms with Crippen molar-refractivity contribution < 1.29 is 4.39 Å². The summed E-state index contributed by atoms with van der Waals surface area (Å²) < 4.78 is 14.1. The molecule has 2 rings (SSSR count). The molecule has 0 atom stereocenters. The summed E-state index contributed by atoms with van der Waals surface area (Å²) in [5.41, 5.74) is 2.00. The van der Waals surface area contributed by atoms with Crippen LogP contribution in [0.3, 0.4) is 0 Å². The van der Waals surface area contributed by atoms with Gasteiger partial charge in [-0.15, -0.1) is 11.3 Å². The van der Waals surface area contributed by atoms with Gasteiger partial charge in [-0.05, 0) is 35.4 Å². The van der Waals surface area contributed by atoms with Crippen LogP contribution in [0.15, 0.2) is 30.3 Å². The van der Waals surface area contributed by atoms with Crippen molar-refractivity contribution in [2.75, 3.05) is 0 Å². The van der Waals surface area contributed by atoms with E-state index in [4.69, 9.17) is 11.6 Å². The Morgan fingerprint density at radius 3 is 2.67 bits per heavy atom. The molecule has 0 spiro atoms. The summed E-state index contributed by atoms with van der Waals surface area (Å²) >= 11 is 7.46. The van der Waals surface area contributed by atoms with Gasteiger partial charge in [0.05, 0.1) is 4.34 Å². The van der Waals surface area contributed by atoms with Crippen LogP contribution in [0.4, 0.5) is 4.39 Å². The third-order valence-electron chi connectivity index (χ3n) is 2.61. The molecule has 2 aromatic rings. The Bertz CT molecular complexity index is 536. The van der Waals surface area contributed by atoms with Crippen LogP contribution in [0.1, 0.15) is 19.4 Å². The monoisotopic (exact) mass is 283 g/mol. The van der Waals surface area contributed by atoms with Crippen molar-refractivity contribution in [1.82, 2.24) is 5.32 Å². The van der Waals surface area contributed by atoms with Crippen molar-refractivity contribution in [2.45, 2.75) is 26.4 Å². The molecule has 0 aliphatic rings. The summed E-state index contributed by atoms with van der Waals surface area (Å²) in [6.07, 6.45) is 0. The number of halogens is 2. The van der Waals surface area contributed by atoms with E-state index in [0.29, 0.717) is 12.6 Å². The quantitative estimate of drug-likeness (QED) is 0.857. The Labute approximate surface area is 116 Å². The van der Waals surface area contributed by atoms with E-state index in [9.17, 15) is 4.39 Å². The van der Waals surface area contributed by atoms with Gasteiger partial charge in [0, 0.05) is 17.5 Å². The van der Waals surface area contributed by atoms with Gasteiger partial charge in [-0.1, -0.05) is 31.5 Å². The predicted octanol–water partition coefficient (Wildman–Crippen LogP) is 4.71. The van der Waals surface area contributed by atoms with Crippen LogP contribution < -0.4 is 5.32 Å². The van der Waals surface area contributed by atoms with E-state index < -0.39 is 0 Å². The Morgan fingerprint density at radius 1 is 1.28 bits per heavy atom. The molecule has 0 bridgehead atoms. The molecule has 1 aromatic carbocycles. The van der Waals surface area contributed by atoms with E-state index in [0.717, 1.165) is 20.3 Å². The Morgan fingerprint density at radius 2 is 2.06 bits per heavy atom. The van der Waals surface area contributed by atoms with Gasteiger partial charge in [-0.3, -0.25) is 0 Å². The van der Waals surface area contributed by atoms with Crippen LogP contribution in [-0.4, -0.2) is 6.04 Å². The summed E-state index contributed by atoms with van der Waals surface area (Å²) in [5, 5.41) is 3.31. The number of nitrogens with one attached hydrogen (secondary N) is 1. The number of hydrogen-bond donors (Lipinski definition) is 1. The lowest BCUT2D eigenvalue weighted by Gasteiger charge is -2.12. The molecule has 4 heteroatoms. The van der Waals surface area contributed by atoms with E-state index >= 15 is 0 Å². The van der Waals surface area contributed by atoms with Crippen molar-refractivity contribution in [3.8, 4) is 10.4 Å². The minimum Gasteiger partial charge on any atom is -0.310 e. The van der Waals surface area contributed by atoms with Gasteiger partial charge in [-0.2, -0.15) is 0 Å². The third-order valence-corrected chi connectivity index (χ3v) is 3.87. The zero-order valence-corrected chi connectivity index (χ0v) is 11.9. The number of hydrogen-bond acceptors (Lipinski definition) is 2. The van der Waals surface area contributed by atoms with E-state index in [1.165, 1.54) is 17.4 Å².